The van der Waals surface area contributed by atoms with Gasteiger partial charge in [-0.3, -0.25) is 9.78 Å². The molecule has 4 aromatic heterocycles. The Morgan fingerprint density at radius 2 is 1.90 bits per heavy atom. The molecule has 41 heavy (non-hydrogen) atoms. The van der Waals surface area contributed by atoms with Crippen LogP contribution in [0.5, 0.6) is 5.88 Å². The molecule has 1 aliphatic rings. The standard InChI is InChI=1S/C28H24F3N7O2S/c1-2-40-25-23-22(36-27(37-25)38-12-10-32-11-13-38)21-19(28(29,30)31)14-20(35-26(21)41-23)16-5-7-18(8-6-16)34-24(39)17-4-3-9-33-15-17/h3-9,14-15,32H,2,10-13H2,1H3,(H,34,39). The van der Waals surface area contributed by atoms with Crippen LogP contribution in [0.4, 0.5) is 24.8 Å². The van der Waals surface area contributed by atoms with E-state index in [1.165, 1.54) is 6.20 Å². The van der Waals surface area contributed by atoms with Crippen molar-refractivity contribution in [2.45, 2.75) is 13.1 Å². The summed E-state index contributed by atoms with van der Waals surface area (Å²) in [7, 11) is 0. The summed E-state index contributed by atoms with van der Waals surface area (Å²) in [5, 5.41) is 5.94. The molecule has 1 fully saturated rings. The molecule has 2 N–H and O–H groups in total. The average Bonchev–Trinajstić information content (AvgIpc) is 3.36. The molecule has 1 aromatic carbocycles. The summed E-state index contributed by atoms with van der Waals surface area (Å²) in [6.07, 6.45) is -1.65. The van der Waals surface area contributed by atoms with Crippen molar-refractivity contribution in [2.75, 3.05) is 43.0 Å². The number of nitrogens with zero attached hydrogens (tertiary/aromatic N) is 5. The molecule has 13 heteroatoms. The van der Waals surface area contributed by atoms with Crippen molar-refractivity contribution in [1.82, 2.24) is 25.3 Å². The third-order valence-corrected chi connectivity index (χ3v) is 7.65. The molecule has 0 bridgehead atoms. The van der Waals surface area contributed by atoms with Gasteiger partial charge < -0.3 is 20.3 Å². The quantitative estimate of drug-likeness (QED) is 0.276. The van der Waals surface area contributed by atoms with Crippen molar-refractivity contribution in [3.8, 4) is 17.1 Å². The van der Waals surface area contributed by atoms with Gasteiger partial charge in [-0.15, -0.1) is 11.3 Å². The molecule has 1 aliphatic heterocycles. The molecule has 0 unspecified atom stereocenters. The van der Waals surface area contributed by atoms with Crippen LogP contribution in [0.1, 0.15) is 22.8 Å². The first-order valence-corrected chi connectivity index (χ1v) is 13.8. The molecule has 0 saturated carbocycles. The Hall–Kier alpha value is -4.36. The van der Waals surface area contributed by atoms with Gasteiger partial charge in [0.25, 0.3) is 5.91 Å². The minimum atomic E-state index is -4.66. The smallest absolute Gasteiger partial charge is 0.417 e. The van der Waals surface area contributed by atoms with E-state index in [1.54, 1.807) is 49.5 Å². The number of rotatable bonds is 6. The van der Waals surface area contributed by atoms with Gasteiger partial charge in [0.1, 0.15) is 15.0 Å². The van der Waals surface area contributed by atoms with Crippen LogP contribution < -0.4 is 20.3 Å². The van der Waals surface area contributed by atoms with Crippen LogP contribution in [0.25, 0.3) is 31.7 Å². The normalized spacial score (nSPS) is 14.0. The van der Waals surface area contributed by atoms with E-state index < -0.39 is 11.7 Å². The van der Waals surface area contributed by atoms with Gasteiger partial charge in [-0.05, 0) is 37.3 Å². The van der Waals surface area contributed by atoms with E-state index in [2.05, 4.69) is 30.6 Å². The summed E-state index contributed by atoms with van der Waals surface area (Å²) in [6, 6.07) is 10.8. The summed E-state index contributed by atoms with van der Waals surface area (Å²) < 4.78 is 49.8. The molecular formula is C28H24F3N7O2S. The Kier molecular flexibility index (Phi) is 7.14. The SMILES string of the molecule is CCOc1nc(N2CCNCC2)nc2c1sc1nc(-c3ccc(NC(=O)c4cccnc4)cc3)cc(C(F)(F)F)c12. The number of pyridine rings is 2. The molecule has 0 spiro atoms. The number of benzene rings is 1. The van der Waals surface area contributed by atoms with Crippen molar-refractivity contribution in [2.24, 2.45) is 0 Å². The van der Waals surface area contributed by atoms with Gasteiger partial charge >= 0.3 is 6.18 Å². The minimum Gasteiger partial charge on any atom is -0.477 e. The highest BCUT2D eigenvalue weighted by Gasteiger charge is 2.36. The van der Waals surface area contributed by atoms with Crippen LogP contribution >= 0.6 is 11.3 Å². The van der Waals surface area contributed by atoms with Crippen LogP contribution in [0.15, 0.2) is 54.9 Å². The first kappa shape index (κ1) is 26.8. The van der Waals surface area contributed by atoms with Crippen molar-refractivity contribution >= 4 is 49.3 Å². The predicted octanol–water partition coefficient (Wildman–Crippen LogP) is 5.38. The van der Waals surface area contributed by atoms with Crippen molar-refractivity contribution in [3.63, 3.8) is 0 Å². The maximum absolute atomic E-state index is 14.5. The van der Waals surface area contributed by atoms with Crippen LogP contribution in [-0.2, 0) is 6.18 Å². The summed E-state index contributed by atoms with van der Waals surface area (Å²) in [4.78, 5) is 32.3. The number of hydrogen-bond acceptors (Lipinski definition) is 9. The second-order valence-corrected chi connectivity index (χ2v) is 10.3. The molecule has 5 heterocycles. The number of fused-ring (bicyclic) bond motifs is 3. The second-order valence-electron chi connectivity index (χ2n) is 9.28. The molecule has 0 aliphatic carbocycles. The van der Waals surface area contributed by atoms with Crippen LogP contribution in [0.2, 0.25) is 0 Å². The number of anilines is 2. The molecule has 6 rings (SSSR count). The number of carbonyl (C=O) groups excluding carboxylic acids is 1. The highest BCUT2D eigenvalue weighted by atomic mass is 32.1. The summed E-state index contributed by atoms with van der Waals surface area (Å²) in [6.45, 7) is 4.81. The molecule has 210 valence electrons. The van der Waals surface area contributed by atoms with Gasteiger partial charge in [0.15, 0.2) is 0 Å². The molecule has 5 aromatic rings. The number of amides is 1. The first-order valence-electron chi connectivity index (χ1n) is 12.9. The monoisotopic (exact) mass is 579 g/mol. The lowest BCUT2D eigenvalue weighted by Gasteiger charge is -2.27. The van der Waals surface area contributed by atoms with E-state index in [-0.39, 0.29) is 33.2 Å². The molecule has 0 atom stereocenters. The Morgan fingerprint density at radius 3 is 2.59 bits per heavy atom. The number of ether oxygens (including phenoxy) is 1. The first-order chi connectivity index (χ1) is 19.8. The highest BCUT2D eigenvalue weighted by Crippen LogP contribution is 2.45. The van der Waals surface area contributed by atoms with Gasteiger partial charge in [0.2, 0.25) is 11.8 Å². The van der Waals surface area contributed by atoms with E-state index in [0.29, 0.717) is 47.2 Å². The van der Waals surface area contributed by atoms with E-state index in [0.717, 1.165) is 30.5 Å². The fourth-order valence-corrected chi connectivity index (χ4v) is 5.72. The van der Waals surface area contributed by atoms with E-state index >= 15 is 0 Å². The van der Waals surface area contributed by atoms with Gasteiger partial charge in [-0.2, -0.15) is 18.2 Å². The molecule has 0 radical (unpaired) electrons. The van der Waals surface area contributed by atoms with Crippen LogP contribution in [0, 0.1) is 0 Å². The Bertz CT molecular complexity index is 1720. The van der Waals surface area contributed by atoms with Gasteiger partial charge in [0.05, 0.1) is 28.8 Å². The van der Waals surface area contributed by atoms with Gasteiger partial charge in [0, 0.05) is 49.8 Å². The van der Waals surface area contributed by atoms with Crippen molar-refractivity contribution in [1.29, 1.82) is 0 Å². The number of alkyl halides is 3. The van der Waals surface area contributed by atoms with E-state index in [1.807, 2.05) is 4.90 Å². The zero-order valence-corrected chi connectivity index (χ0v) is 22.6. The van der Waals surface area contributed by atoms with Crippen molar-refractivity contribution < 1.29 is 22.7 Å². The minimum absolute atomic E-state index is 0.0682. The topological polar surface area (TPSA) is 105 Å². The molecule has 1 saturated heterocycles. The summed E-state index contributed by atoms with van der Waals surface area (Å²) in [5.74, 6) is 0.238. The Balaban J connectivity index is 1.43. The van der Waals surface area contributed by atoms with Crippen LogP contribution in [-0.4, -0.2) is 58.6 Å². The number of nitrogens with one attached hydrogen (secondary N) is 2. The molecular weight excluding hydrogens is 555 g/mol. The third kappa shape index (κ3) is 5.37. The van der Waals surface area contributed by atoms with E-state index in [4.69, 9.17) is 4.74 Å². The highest BCUT2D eigenvalue weighted by molar-refractivity contribution is 7.25. The maximum Gasteiger partial charge on any atom is 0.417 e. The largest absolute Gasteiger partial charge is 0.477 e. The number of halogens is 3. The zero-order chi connectivity index (χ0) is 28.6. The number of piperazine rings is 1. The lowest BCUT2D eigenvalue weighted by molar-refractivity contribution is -0.136. The fourth-order valence-electron chi connectivity index (χ4n) is 4.64. The molecule has 9 nitrogen and oxygen atoms in total. The summed E-state index contributed by atoms with van der Waals surface area (Å²) in [5.41, 5.74) is 0.833. The predicted molar refractivity (Wildman–Crippen MR) is 152 cm³/mol. The number of hydrogen-bond donors (Lipinski definition) is 2. The number of thiophene rings is 1. The van der Waals surface area contributed by atoms with E-state index in [9.17, 15) is 18.0 Å². The lowest BCUT2D eigenvalue weighted by Crippen LogP contribution is -2.44. The third-order valence-electron chi connectivity index (χ3n) is 6.59. The van der Waals surface area contributed by atoms with Crippen molar-refractivity contribution in [3.05, 3.63) is 66.0 Å². The Labute approximate surface area is 236 Å². The van der Waals surface area contributed by atoms with Crippen LogP contribution in [0.3, 0.4) is 0 Å². The summed E-state index contributed by atoms with van der Waals surface area (Å²) >= 11 is 1.08. The maximum atomic E-state index is 14.5. The lowest BCUT2D eigenvalue weighted by atomic mass is 10.1. The average molecular weight is 580 g/mol. The van der Waals surface area contributed by atoms with Gasteiger partial charge in [-0.25, -0.2) is 9.97 Å². The number of aromatic nitrogens is 4. The molecule has 1 amide bonds. The van der Waals surface area contributed by atoms with Gasteiger partial charge in [-0.1, -0.05) is 12.1 Å². The number of carbonyl (C=O) groups is 1. The zero-order valence-electron chi connectivity index (χ0n) is 21.8. The second kappa shape index (κ2) is 10.9. The Morgan fingerprint density at radius 1 is 1.12 bits per heavy atom. The fraction of sp³-hybridized carbons (Fsp3) is 0.250.